The Morgan fingerprint density at radius 1 is 1.20 bits per heavy atom. The van der Waals surface area contributed by atoms with Gasteiger partial charge in [-0.15, -0.1) is 0 Å². The molecule has 2 heterocycles. The van der Waals surface area contributed by atoms with Crippen molar-refractivity contribution in [1.82, 2.24) is 0 Å². The zero-order valence-electron chi connectivity index (χ0n) is 14.9. The second kappa shape index (κ2) is 6.90. The highest BCUT2D eigenvalue weighted by Gasteiger charge is 2.63. The van der Waals surface area contributed by atoms with Crippen molar-refractivity contribution in [3.63, 3.8) is 0 Å². The molecule has 3 rings (SSSR count). The lowest BCUT2D eigenvalue weighted by atomic mass is 9.68. The highest BCUT2D eigenvalue weighted by Crippen LogP contribution is 2.49. The van der Waals surface area contributed by atoms with E-state index in [2.05, 4.69) is 6.92 Å². The van der Waals surface area contributed by atoms with Gasteiger partial charge in [-0.2, -0.15) is 0 Å². The molecule has 0 aromatic carbocycles. The summed E-state index contributed by atoms with van der Waals surface area (Å²) in [4.78, 5) is 36.9. The first-order valence-corrected chi connectivity index (χ1v) is 9.25. The SMILES string of the molecule is CCCCCCCC(O)C1C(=O)OC2(C)C(=O)C3=C(COC3=O)CC12. The maximum absolute atomic E-state index is 12.7. The van der Waals surface area contributed by atoms with Crippen molar-refractivity contribution in [2.45, 2.75) is 70.5 Å². The predicted molar refractivity (Wildman–Crippen MR) is 88.5 cm³/mol. The first kappa shape index (κ1) is 18.1. The average Bonchev–Trinajstić information content (AvgIpc) is 3.05. The molecule has 1 aliphatic carbocycles. The number of hydrogen-bond acceptors (Lipinski definition) is 6. The predicted octanol–water partition coefficient (Wildman–Crippen LogP) is 2.08. The van der Waals surface area contributed by atoms with E-state index in [4.69, 9.17) is 9.47 Å². The number of unbranched alkanes of at least 4 members (excludes halogenated alkanes) is 4. The van der Waals surface area contributed by atoms with Crippen LogP contribution in [0.15, 0.2) is 11.1 Å². The number of ketones is 1. The van der Waals surface area contributed by atoms with Gasteiger partial charge < -0.3 is 14.6 Å². The first-order chi connectivity index (χ1) is 11.9. The number of carbonyl (C=O) groups excluding carboxylic acids is 3. The molecule has 0 radical (unpaired) electrons. The van der Waals surface area contributed by atoms with Gasteiger partial charge in [0.05, 0.1) is 12.0 Å². The number of cyclic esters (lactones) is 1. The van der Waals surface area contributed by atoms with Crippen molar-refractivity contribution in [2.24, 2.45) is 11.8 Å². The number of aliphatic hydroxyl groups is 1. The fourth-order valence-electron chi connectivity index (χ4n) is 4.33. The minimum absolute atomic E-state index is 0.0428. The Hall–Kier alpha value is -1.69. The van der Waals surface area contributed by atoms with E-state index < -0.39 is 41.3 Å². The second-order valence-corrected chi connectivity index (χ2v) is 7.52. The van der Waals surface area contributed by atoms with Gasteiger partial charge in [0, 0.05) is 5.92 Å². The largest absolute Gasteiger partial charge is 0.457 e. The Morgan fingerprint density at radius 3 is 2.64 bits per heavy atom. The van der Waals surface area contributed by atoms with Gasteiger partial charge in [-0.25, -0.2) is 4.79 Å². The fourth-order valence-corrected chi connectivity index (χ4v) is 4.33. The summed E-state index contributed by atoms with van der Waals surface area (Å²) in [5.74, 6) is -2.80. The maximum atomic E-state index is 12.7. The van der Waals surface area contributed by atoms with E-state index in [0.29, 0.717) is 18.4 Å². The highest BCUT2D eigenvalue weighted by atomic mass is 16.6. The van der Waals surface area contributed by atoms with Crippen LogP contribution in [0.5, 0.6) is 0 Å². The van der Waals surface area contributed by atoms with Crippen molar-refractivity contribution in [3.8, 4) is 0 Å². The molecule has 0 bridgehead atoms. The van der Waals surface area contributed by atoms with E-state index in [1.54, 1.807) is 6.92 Å². The average molecular weight is 350 g/mol. The quantitative estimate of drug-likeness (QED) is 0.429. The number of aliphatic hydroxyl groups excluding tert-OH is 1. The number of fused-ring (bicyclic) bond motifs is 1. The monoisotopic (exact) mass is 350 g/mol. The molecule has 6 nitrogen and oxygen atoms in total. The van der Waals surface area contributed by atoms with Gasteiger partial charge in [-0.1, -0.05) is 39.0 Å². The topological polar surface area (TPSA) is 89.9 Å². The van der Waals surface area contributed by atoms with Gasteiger partial charge in [0.2, 0.25) is 5.78 Å². The molecule has 0 spiro atoms. The van der Waals surface area contributed by atoms with E-state index in [9.17, 15) is 19.5 Å². The number of esters is 2. The lowest BCUT2D eigenvalue weighted by molar-refractivity contribution is -0.158. The fraction of sp³-hybridized carbons (Fsp3) is 0.737. The van der Waals surface area contributed by atoms with E-state index in [-0.39, 0.29) is 12.2 Å². The molecular formula is C19H26O6. The molecule has 4 unspecified atom stereocenters. The summed E-state index contributed by atoms with van der Waals surface area (Å²) in [6.45, 7) is 3.80. The third kappa shape index (κ3) is 3.01. The summed E-state index contributed by atoms with van der Waals surface area (Å²) in [5, 5.41) is 10.6. The second-order valence-electron chi connectivity index (χ2n) is 7.52. The molecule has 6 heteroatoms. The van der Waals surface area contributed by atoms with Crippen LogP contribution in [0.1, 0.15) is 58.8 Å². The molecule has 1 saturated heterocycles. The van der Waals surface area contributed by atoms with Crippen LogP contribution in [-0.2, 0) is 23.9 Å². The minimum Gasteiger partial charge on any atom is -0.457 e. The van der Waals surface area contributed by atoms with Gasteiger partial charge >= 0.3 is 11.9 Å². The van der Waals surface area contributed by atoms with Crippen LogP contribution in [0.25, 0.3) is 0 Å². The lowest BCUT2D eigenvalue weighted by Gasteiger charge is -2.34. The zero-order chi connectivity index (χ0) is 18.2. The van der Waals surface area contributed by atoms with Crippen LogP contribution in [0.3, 0.4) is 0 Å². The smallest absolute Gasteiger partial charge is 0.342 e. The Morgan fingerprint density at radius 2 is 1.92 bits per heavy atom. The van der Waals surface area contributed by atoms with E-state index in [1.807, 2.05) is 0 Å². The molecule has 0 aromatic rings. The van der Waals surface area contributed by atoms with Crippen molar-refractivity contribution in [2.75, 3.05) is 6.61 Å². The Balaban J connectivity index is 1.72. The minimum atomic E-state index is -1.37. The van der Waals surface area contributed by atoms with Crippen LogP contribution in [0.4, 0.5) is 0 Å². The van der Waals surface area contributed by atoms with Crippen molar-refractivity contribution < 1.29 is 29.0 Å². The van der Waals surface area contributed by atoms with Gasteiger partial charge in [0.25, 0.3) is 0 Å². The Kier molecular flexibility index (Phi) is 5.00. The highest BCUT2D eigenvalue weighted by molar-refractivity contribution is 6.23. The summed E-state index contributed by atoms with van der Waals surface area (Å²) >= 11 is 0. The van der Waals surface area contributed by atoms with Crippen molar-refractivity contribution in [3.05, 3.63) is 11.1 Å². The maximum Gasteiger partial charge on any atom is 0.342 e. The molecule has 0 saturated carbocycles. The standard InChI is InChI=1S/C19H26O6/c1-3-4-5-6-7-8-13(20)15-12-9-11-10-24-17(22)14(11)16(21)19(12,2)25-18(15)23/h12-13,15,20H,3-10H2,1-2H3. The van der Waals surface area contributed by atoms with Gasteiger partial charge in [-0.05, 0) is 25.3 Å². The molecule has 3 aliphatic rings. The third-order valence-electron chi connectivity index (χ3n) is 5.82. The molecule has 4 atom stereocenters. The van der Waals surface area contributed by atoms with E-state index >= 15 is 0 Å². The van der Waals surface area contributed by atoms with Crippen LogP contribution in [0, 0.1) is 11.8 Å². The Labute approximate surface area is 147 Å². The molecule has 2 aliphatic heterocycles. The lowest BCUT2D eigenvalue weighted by Crippen LogP contribution is -2.48. The summed E-state index contributed by atoms with van der Waals surface area (Å²) in [6, 6.07) is 0. The van der Waals surface area contributed by atoms with Gasteiger partial charge in [0.1, 0.15) is 12.2 Å². The summed E-state index contributed by atoms with van der Waals surface area (Å²) in [5.41, 5.74) is -0.690. The normalized spacial score (nSPS) is 32.4. The van der Waals surface area contributed by atoms with Crippen molar-refractivity contribution >= 4 is 17.7 Å². The van der Waals surface area contributed by atoms with Crippen LogP contribution < -0.4 is 0 Å². The molecular weight excluding hydrogens is 324 g/mol. The summed E-state index contributed by atoms with van der Waals surface area (Å²) < 4.78 is 10.4. The molecule has 0 aromatic heterocycles. The van der Waals surface area contributed by atoms with Gasteiger partial charge in [-0.3, -0.25) is 9.59 Å². The molecule has 0 amide bonds. The first-order valence-electron chi connectivity index (χ1n) is 9.25. The Bertz CT molecular complexity index is 621. The van der Waals surface area contributed by atoms with Crippen LogP contribution in [-0.4, -0.2) is 41.1 Å². The number of Topliss-reactive ketones (excluding diaryl/α,β-unsaturated/α-hetero) is 1. The number of rotatable bonds is 7. The molecule has 1 fully saturated rings. The van der Waals surface area contributed by atoms with Crippen molar-refractivity contribution in [1.29, 1.82) is 0 Å². The molecule has 25 heavy (non-hydrogen) atoms. The summed E-state index contributed by atoms with van der Waals surface area (Å²) in [7, 11) is 0. The van der Waals surface area contributed by atoms with Crippen LogP contribution in [0.2, 0.25) is 0 Å². The summed E-state index contributed by atoms with van der Waals surface area (Å²) in [6.07, 6.45) is 5.38. The number of ether oxygens (including phenoxy) is 2. The third-order valence-corrected chi connectivity index (χ3v) is 5.82. The van der Waals surface area contributed by atoms with E-state index in [1.165, 1.54) is 6.42 Å². The zero-order valence-corrected chi connectivity index (χ0v) is 14.9. The van der Waals surface area contributed by atoms with Gasteiger partial charge in [0.15, 0.2) is 5.60 Å². The van der Waals surface area contributed by atoms with Crippen LogP contribution >= 0.6 is 0 Å². The van der Waals surface area contributed by atoms with E-state index in [0.717, 1.165) is 25.7 Å². The molecule has 138 valence electrons. The number of carbonyl (C=O) groups is 3. The molecule has 1 N–H and O–H groups in total. The number of hydrogen-bond donors (Lipinski definition) is 1.